The first-order valence-electron chi connectivity index (χ1n) is 8.92. The molecule has 0 amide bonds. The summed E-state index contributed by atoms with van der Waals surface area (Å²) in [4.78, 5) is 18.4. The monoisotopic (exact) mass is 455 g/mol. The Morgan fingerprint density at radius 2 is 2.04 bits per heavy atom. The van der Waals surface area contributed by atoms with E-state index in [4.69, 9.17) is 9.47 Å². The number of unbranched alkanes of at least 4 members (excludes halogenated alkanes) is 1. The lowest BCUT2D eigenvalue weighted by Crippen LogP contribution is -2.48. The molecule has 1 aliphatic heterocycles. The molecule has 0 aromatic heterocycles. The molecule has 0 radical (unpaired) electrons. The molecule has 1 atom stereocenters. The summed E-state index contributed by atoms with van der Waals surface area (Å²) >= 11 is 0. The van der Waals surface area contributed by atoms with E-state index < -0.39 is 0 Å². The van der Waals surface area contributed by atoms with Gasteiger partial charge in [-0.15, -0.1) is 24.0 Å². The van der Waals surface area contributed by atoms with Crippen LogP contribution in [0.2, 0.25) is 0 Å². The van der Waals surface area contributed by atoms with Crippen molar-refractivity contribution in [2.75, 3.05) is 46.5 Å². The summed E-state index contributed by atoms with van der Waals surface area (Å²) in [6.45, 7) is 8.53. The minimum Gasteiger partial charge on any atom is -0.466 e. The summed E-state index contributed by atoms with van der Waals surface area (Å²) in [6, 6.07) is 0. The van der Waals surface area contributed by atoms with Crippen molar-refractivity contribution < 1.29 is 14.3 Å². The molecule has 1 heterocycles. The van der Waals surface area contributed by atoms with E-state index in [1.807, 2.05) is 6.92 Å². The van der Waals surface area contributed by atoms with Crippen molar-refractivity contribution in [1.82, 2.24) is 10.2 Å². The van der Waals surface area contributed by atoms with Crippen LogP contribution in [0.3, 0.4) is 0 Å². The number of nitrogens with one attached hydrogen (secondary N) is 1. The number of aliphatic imine (C=N–C) groups is 1. The fourth-order valence-electron chi connectivity index (χ4n) is 2.68. The van der Waals surface area contributed by atoms with Crippen molar-refractivity contribution in [2.45, 2.75) is 46.0 Å². The van der Waals surface area contributed by atoms with Gasteiger partial charge in [-0.05, 0) is 32.6 Å². The van der Waals surface area contributed by atoms with Gasteiger partial charge in [0.2, 0.25) is 0 Å². The largest absolute Gasteiger partial charge is 0.466 e. The molecule has 0 saturated carbocycles. The van der Waals surface area contributed by atoms with E-state index in [2.05, 4.69) is 22.1 Å². The Labute approximate surface area is 163 Å². The molecule has 1 saturated heterocycles. The molecule has 0 aromatic carbocycles. The van der Waals surface area contributed by atoms with Gasteiger partial charge in [0.1, 0.15) is 0 Å². The maximum absolute atomic E-state index is 11.9. The SMILES string of the molecule is CCCCOCCCNC(=NC)N1CCCC(C(=O)OCC)C1.I. The van der Waals surface area contributed by atoms with Gasteiger partial charge in [0.25, 0.3) is 0 Å². The normalized spacial score (nSPS) is 18.0. The van der Waals surface area contributed by atoms with Crippen molar-refractivity contribution in [3.05, 3.63) is 0 Å². The summed E-state index contributed by atoms with van der Waals surface area (Å²) in [7, 11) is 1.79. The Hall–Kier alpha value is -0.570. The Morgan fingerprint density at radius 3 is 2.71 bits per heavy atom. The average molecular weight is 455 g/mol. The molecule has 0 aromatic rings. The third-order valence-electron chi connectivity index (χ3n) is 3.94. The van der Waals surface area contributed by atoms with Crippen molar-refractivity contribution in [3.63, 3.8) is 0 Å². The Kier molecular flexibility index (Phi) is 14.4. The van der Waals surface area contributed by atoms with Gasteiger partial charge in [0.15, 0.2) is 5.96 Å². The predicted molar refractivity (Wildman–Crippen MR) is 108 cm³/mol. The molecule has 0 bridgehead atoms. The fourth-order valence-corrected chi connectivity index (χ4v) is 2.68. The summed E-state index contributed by atoms with van der Waals surface area (Å²) < 4.78 is 10.7. The van der Waals surface area contributed by atoms with Gasteiger partial charge in [-0.2, -0.15) is 0 Å². The highest BCUT2D eigenvalue weighted by Crippen LogP contribution is 2.18. The van der Waals surface area contributed by atoms with Gasteiger partial charge in [-0.25, -0.2) is 0 Å². The van der Waals surface area contributed by atoms with Crippen LogP contribution in [0.15, 0.2) is 4.99 Å². The number of guanidine groups is 1. The molecular weight excluding hydrogens is 421 g/mol. The van der Waals surface area contributed by atoms with Crippen LogP contribution in [-0.4, -0.2) is 63.3 Å². The lowest BCUT2D eigenvalue weighted by atomic mass is 9.98. The highest BCUT2D eigenvalue weighted by atomic mass is 127. The Morgan fingerprint density at radius 1 is 1.29 bits per heavy atom. The van der Waals surface area contributed by atoms with Crippen molar-refractivity contribution in [1.29, 1.82) is 0 Å². The van der Waals surface area contributed by atoms with Crippen LogP contribution < -0.4 is 5.32 Å². The maximum atomic E-state index is 11.9. The number of nitrogens with zero attached hydrogens (tertiary/aromatic N) is 2. The Balaban J connectivity index is 0.00000529. The van der Waals surface area contributed by atoms with Gasteiger partial charge in [0.05, 0.1) is 12.5 Å². The molecule has 0 spiro atoms. The zero-order valence-electron chi connectivity index (χ0n) is 15.4. The minimum absolute atomic E-state index is 0. The van der Waals surface area contributed by atoms with Crippen LogP contribution in [0.5, 0.6) is 0 Å². The van der Waals surface area contributed by atoms with Gasteiger partial charge < -0.3 is 19.7 Å². The third-order valence-corrected chi connectivity index (χ3v) is 3.94. The number of rotatable bonds is 9. The lowest BCUT2D eigenvalue weighted by molar-refractivity contribution is -0.149. The Bertz CT molecular complexity index is 367. The fraction of sp³-hybridized carbons (Fsp3) is 0.882. The highest BCUT2D eigenvalue weighted by molar-refractivity contribution is 14.0. The van der Waals surface area contributed by atoms with Gasteiger partial charge in [-0.1, -0.05) is 13.3 Å². The molecule has 7 heteroatoms. The number of carbonyl (C=O) groups is 1. The number of likely N-dealkylation sites (tertiary alicyclic amines) is 1. The first-order valence-corrected chi connectivity index (χ1v) is 8.92. The number of piperidine rings is 1. The topological polar surface area (TPSA) is 63.2 Å². The van der Waals surface area contributed by atoms with Crippen molar-refractivity contribution in [3.8, 4) is 0 Å². The summed E-state index contributed by atoms with van der Waals surface area (Å²) in [5.41, 5.74) is 0. The second-order valence-electron chi connectivity index (χ2n) is 5.83. The number of hydrogen-bond acceptors (Lipinski definition) is 4. The zero-order valence-corrected chi connectivity index (χ0v) is 17.7. The van der Waals surface area contributed by atoms with Gasteiger partial charge in [0, 0.05) is 39.9 Å². The quantitative estimate of drug-likeness (QED) is 0.191. The zero-order chi connectivity index (χ0) is 16.9. The average Bonchev–Trinajstić information content (AvgIpc) is 2.58. The second-order valence-corrected chi connectivity index (χ2v) is 5.83. The number of ether oxygens (including phenoxy) is 2. The smallest absolute Gasteiger partial charge is 0.310 e. The molecule has 6 nitrogen and oxygen atoms in total. The van der Waals surface area contributed by atoms with E-state index >= 15 is 0 Å². The molecule has 1 aliphatic rings. The summed E-state index contributed by atoms with van der Waals surface area (Å²) in [6.07, 6.45) is 5.14. The van der Waals surface area contributed by atoms with E-state index in [-0.39, 0.29) is 35.9 Å². The number of halogens is 1. The van der Waals surface area contributed by atoms with Crippen LogP contribution in [0, 0.1) is 5.92 Å². The second kappa shape index (κ2) is 14.7. The number of esters is 1. The minimum atomic E-state index is -0.0861. The number of hydrogen-bond donors (Lipinski definition) is 1. The molecular formula is C17H34IN3O3. The molecule has 24 heavy (non-hydrogen) atoms. The van der Waals surface area contributed by atoms with E-state index in [0.29, 0.717) is 13.2 Å². The maximum Gasteiger partial charge on any atom is 0.310 e. The van der Waals surface area contributed by atoms with Crippen molar-refractivity contribution >= 4 is 35.9 Å². The lowest BCUT2D eigenvalue weighted by Gasteiger charge is -2.33. The summed E-state index contributed by atoms with van der Waals surface area (Å²) in [5, 5.41) is 3.37. The third kappa shape index (κ3) is 9.05. The molecule has 0 aliphatic carbocycles. The molecule has 1 unspecified atom stereocenters. The van der Waals surface area contributed by atoms with Crippen molar-refractivity contribution in [2.24, 2.45) is 10.9 Å². The summed E-state index contributed by atoms with van der Waals surface area (Å²) in [5.74, 6) is 0.740. The van der Waals surface area contributed by atoms with Crippen LogP contribution in [0.1, 0.15) is 46.0 Å². The van der Waals surface area contributed by atoms with Gasteiger partial charge >= 0.3 is 5.97 Å². The number of carbonyl (C=O) groups excluding carboxylic acids is 1. The van der Waals surface area contributed by atoms with E-state index in [0.717, 1.165) is 57.9 Å². The van der Waals surface area contributed by atoms with E-state index in [1.165, 1.54) is 6.42 Å². The van der Waals surface area contributed by atoms with Crippen LogP contribution >= 0.6 is 24.0 Å². The molecule has 142 valence electrons. The van der Waals surface area contributed by atoms with Crippen LogP contribution in [-0.2, 0) is 14.3 Å². The predicted octanol–water partition coefficient (Wildman–Crippen LogP) is 2.66. The first-order chi connectivity index (χ1) is 11.2. The van der Waals surface area contributed by atoms with Crippen LogP contribution in [0.4, 0.5) is 0 Å². The van der Waals surface area contributed by atoms with Crippen LogP contribution in [0.25, 0.3) is 0 Å². The molecule has 1 rings (SSSR count). The van der Waals surface area contributed by atoms with E-state index in [9.17, 15) is 4.79 Å². The first kappa shape index (κ1) is 23.4. The molecule has 1 N–H and O–H groups in total. The van der Waals surface area contributed by atoms with Gasteiger partial charge in [-0.3, -0.25) is 9.79 Å². The van der Waals surface area contributed by atoms with E-state index in [1.54, 1.807) is 7.05 Å². The molecule has 1 fully saturated rings. The highest BCUT2D eigenvalue weighted by Gasteiger charge is 2.28. The standard InChI is InChI=1S/C17H33N3O3.HI/c1-4-6-12-22-13-8-10-19-17(18-3)20-11-7-9-15(14-20)16(21)23-5-2;/h15H,4-14H2,1-3H3,(H,18,19);1H.